The van der Waals surface area contributed by atoms with E-state index >= 15 is 0 Å². The Hall–Kier alpha value is -2.42. The van der Waals surface area contributed by atoms with E-state index in [-0.39, 0.29) is 24.5 Å². The number of Topliss-reactive ketones (excluding diaryl/α,β-unsaturated/α-hetero) is 1. The number of nitrogens with one attached hydrogen (secondary N) is 1. The predicted molar refractivity (Wildman–Crippen MR) is 91.7 cm³/mol. The van der Waals surface area contributed by atoms with Crippen LogP contribution in [0, 0.1) is 0 Å². The molecule has 0 fully saturated rings. The topological polar surface area (TPSA) is 46.2 Å². The molecule has 0 saturated heterocycles. The molecule has 1 aliphatic rings. The number of ketones is 1. The minimum atomic E-state index is -0.123. The first-order valence-electron chi connectivity index (χ1n) is 8.22. The quantitative estimate of drug-likeness (QED) is 0.843. The summed E-state index contributed by atoms with van der Waals surface area (Å²) in [7, 11) is 0. The molecule has 2 aromatic rings. The van der Waals surface area contributed by atoms with E-state index in [1.54, 1.807) is 0 Å². The van der Waals surface area contributed by atoms with Crippen molar-refractivity contribution in [3.05, 3.63) is 65.2 Å². The summed E-state index contributed by atoms with van der Waals surface area (Å²) < 4.78 is 0. The number of benzene rings is 2. The van der Waals surface area contributed by atoms with Crippen molar-refractivity contribution in [2.75, 3.05) is 5.32 Å². The number of fused-ring (bicyclic) bond motifs is 1. The molecule has 0 atom stereocenters. The summed E-state index contributed by atoms with van der Waals surface area (Å²) in [4.78, 5) is 24.2. The first kappa shape index (κ1) is 15.5. The van der Waals surface area contributed by atoms with Crippen molar-refractivity contribution in [1.29, 1.82) is 0 Å². The zero-order valence-corrected chi connectivity index (χ0v) is 13.2. The van der Waals surface area contributed by atoms with Crippen LogP contribution < -0.4 is 5.32 Å². The number of hydrogen-bond acceptors (Lipinski definition) is 2. The van der Waals surface area contributed by atoms with Crippen LogP contribution in [0.1, 0.15) is 47.2 Å². The highest BCUT2D eigenvalue weighted by molar-refractivity contribution is 6.00. The lowest BCUT2D eigenvalue weighted by Gasteiger charge is -2.16. The van der Waals surface area contributed by atoms with Crippen LogP contribution >= 0.6 is 0 Å². The van der Waals surface area contributed by atoms with Crippen LogP contribution in [0.15, 0.2) is 48.5 Å². The third-order valence-corrected chi connectivity index (χ3v) is 4.31. The van der Waals surface area contributed by atoms with Gasteiger partial charge in [0.1, 0.15) is 0 Å². The van der Waals surface area contributed by atoms with E-state index in [0.29, 0.717) is 0 Å². The summed E-state index contributed by atoms with van der Waals surface area (Å²) >= 11 is 0. The monoisotopic (exact) mass is 307 g/mol. The largest absolute Gasteiger partial charge is 0.326 e. The van der Waals surface area contributed by atoms with E-state index < -0.39 is 0 Å². The smallest absolute Gasteiger partial charge is 0.224 e. The summed E-state index contributed by atoms with van der Waals surface area (Å²) in [6.45, 7) is 0. The molecule has 3 rings (SSSR count). The number of aryl methyl sites for hydroxylation is 2. The lowest BCUT2D eigenvalue weighted by Crippen LogP contribution is -2.13. The van der Waals surface area contributed by atoms with Gasteiger partial charge in [0.2, 0.25) is 5.91 Å². The average molecular weight is 307 g/mol. The van der Waals surface area contributed by atoms with Crippen LogP contribution in [0.4, 0.5) is 5.69 Å². The molecule has 3 nitrogen and oxygen atoms in total. The fourth-order valence-corrected chi connectivity index (χ4v) is 3.02. The minimum absolute atomic E-state index is 0.0431. The Balaban J connectivity index is 1.56. The standard InChI is InChI=1S/C20H21NO2/c22-19(12-13-20(23)21-18-8-2-1-3-9-18)17-11-10-15-6-4-5-7-16(15)14-17/h1-3,8-11,14H,4-7,12-13H2,(H,21,23). The molecule has 0 radical (unpaired) electrons. The fraction of sp³-hybridized carbons (Fsp3) is 0.300. The summed E-state index contributed by atoms with van der Waals surface area (Å²) in [5.41, 5.74) is 4.17. The van der Waals surface area contributed by atoms with E-state index in [1.807, 2.05) is 42.5 Å². The molecule has 0 aromatic heterocycles. The highest BCUT2D eigenvalue weighted by Gasteiger charge is 2.14. The third kappa shape index (κ3) is 4.07. The van der Waals surface area contributed by atoms with Gasteiger partial charge in [0.15, 0.2) is 5.78 Å². The number of carbonyl (C=O) groups excluding carboxylic acids is 2. The SMILES string of the molecule is O=C(CCC(=O)c1ccc2c(c1)CCCC2)Nc1ccccc1. The van der Waals surface area contributed by atoms with Crippen molar-refractivity contribution in [3.8, 4) is 0 Å². The molecule has 2 aromatic carbocycles. The molecule has 23 heavy (non-hydrogen) atoms. The van der Waals surface area contributed by atoms with Crippen LogP contribution in [0.5, 0.6) is 0 Å². The Morgan fingerprint density at radius 3 is 2.39 bits per heavy atom. The van der Waals surface area contributed by atoms with Crippen molar-refractivity contribution < 1.29 is 9.59 Å². The second kappa shape index (κ2) is 7.23. The number of amides is 1. The molecule has 3 heteroatoms. The van der Waals surface area contributed by atoms with Gasteiger partial charge in [0.25, 0.3) is 0 Å². The second-order valence-corrected chi connectivity index (χ2v) is 6.03. The second-order valence-electron chi connectivity index (χ2n) is 6.03. The highest BCUT2D eigenvalue weighted by Crippen LogP contribution is 2.23. The molecule has 0 aliphatic heterocycles. The van der Waals surface area contributed by atoms with Crippen LogP contribution in [-0.2, 0) is 17.6 Å². The van der Waals surface area contributed by atoms with Crippen LogP contribution in [0.2, 0.25) is 0 Å². The van der Waals surface area contributed by atoms with Gasteiger partial charge < -0.3 is 5.32 Å². The van der Waals surface area contributed by atoms with Crippen molar-refractivity contribution >= 4 is 17.4 Å². The highest BCUT2D eigenvalue weighted by atomic mass is 16.2. The summed E-state index contributed by atoms with van der Waals surface area (Å²) in [5.74, 6) is -0.0795. The predicted octanol–water partition coefficient (Wildman–Crippen LogP) is 4.17. The van der Waals surface area contributed by atoms with Crippen LogP contribution in [0.3, 0.4) is 0 Å². The maximum absolute atomic E-state index is 12.3. The molecule has 0 unspecified atom stereocenters. The van der Waals surface area contributed by atoms with E-state index in [4.69, 9.17) is 0 Å². The summed E-state index contributed by atoms with van der Waals surface area (Å²) in [6, 6.07) is 15.3. The number of rotatable bonds is 5. The molecule has 0 bridgehead atoms. The Bertz CT molecular complexity index is 707. The molecular weight excluding hydrogens is 286 g/mol. The zero-order chi connectivity index (χ0) is 16.1. The first-order chi connectivity index (χ1) is 11.2. The normalized spacial score (nSPS) is 13.2. The maximum Gasteiger partial charge on any atom is 0.224 e. The minimum Gasteiger partial charge on any atom is -0.326 e. The fourth-order valence-electron chi connectivity index (χ4n) is 3.02. The zero-order valence-electron chi connectivity index (χ0n) is 13.2. The van der Waals surface area contributed by atoms with Crippen molar-refractivity contribution in [1.82, 2.24) is 0 Å². The number of hydrogen-bond donors (Lipinski definition) is 1. The van der Waals surface area contributed by atoms with E-state index in [9.17, 15) is 9.59 Å². The van der Waals surface area contributed by atoms with Gasteiger partial charge in [-0.05, 0) is 55.0 Å². The van der Waals surface area contributed by atoms with Gasteiger partial charge in [-0.3, -0.25) is 9.59 Å². The molecule has 0 heterocycles. The van der Waals surface area contributed by atoms with Gasteiger partial charge in [-0.1, -0.05) is 30.3 Å². The summed E-state index contributed by atoms with van der Waals surface area (Å²) in [6.07, 6.45) is 5.07. The van der Waals surface area contributed by atoms with E-state index in [2.05, 4.69) is 11.4 Å². The molecule has 0 spiro atoms. The molecule has 1 N–H and O–H groups in total. The molecule has 118 valence electrons. The van der Waals surface area contributed by atoms with E-state index in [1.165, 1.54) is 24.0 Å². The Morgan fingerprint density at radius 2 is 1.61 bits per heavy atom. The maximum atomic E-state index is 12.3. The number of carbonyl (C=O) groups is 2. The molecule has 1 aliphatic carbocycles. The average Bonchev–Trinajstić information content (AvgIpc) is 2.60. The summed E-state index contributed by atoms with van der Waals surface area (Å²) in [5, 5.41) is 2.81. The molecular formula is C20H21NO2. The number of anilines is 1. The van der Waals surface area contributed by atoms with Crippen LogP contribution in [0.25, 0.3) is 0 Å². The lowest BCUT2D eigenvalue weighted by atomic mass is 9.89. The van der Waals surface area contributed by atoms with Crippen molar-refractivity contribution in [2.45, 2.75) is 38.5 Å². The van der Waals surface area contributed by atoms with Gasteiger partial charge in [-0.25, -0.2) is 0 Å². The molecule has 0 saturated carbocycles. The molecule has 1 amide bonds. The third-order valence-electron chi connectivity index (χ3n) is 4.31. The van der Waals surface area contributed by atoms with Crippen molar-refractivity contribution in [2.24, 2.45) is 0 Å². The van der Waals surface area contributed by atoms with E-state index in [0.717, 1.165) is 24.1 Å². The van der Waals surface area contributed by atoms with Gasteiger partial charge in [-0.2, -0.15) is 0 Å². The van der Waals surface area contributed by atoms with Gasteiger partial charge in [0.05, 0.1) is 0 Å². The Morgan fingerprint density at radius 1 is 0.870 bits per heavy atom. The number of para-hydroxylation sites is 1. The van der Waals surface area contributed by atoms with Crippen LogP contribution in [-0.4, -0.2) is 11.7 Å². The van der Waals surface area contributed by atoms with Gasteiger partial charge in [0, 0.05) is 24.1 Å². The Kier molecular flexibility index (Phi) is 4.86. The Labute approximate surface area is 136 Å². The lowest BCUT2D eigenvalue weighted by molar-refractivity contribution is -0.116. The van der Waals surface area contributed by atoms with Gasteiger partial charge in [-0.15, -0.1) is 0 Å². The first-order valence-corrected chi connectivity index (χ1v) is 8.22. The van der Waals surface area contributed by atoms with Gasteiger partial charge >= 0.3 is 0 Å². The van der Waals surface area contributed by atoms with Crippen molar-refractivity contribution in [3.63, 3.8) is 0 Å².